The molecule has 0 amide bonds. The summed E-state index contributed by atoms with van der Waals surface area (Å²) in [5, 5.41) is 0. The van der Waals surface area contributed by atoms with Gasteiger partial charge in [-0.2, -0.15) is 13.2 Å². The molecule has 5 heteroatoms. The number of hydrogen-bond acceptors (Lipinski definition) is 1. The number of halogens is 4. The lowest BCUT2D eigenvalue weighted by molar-refractivity contribution is -0.140. The molecule has 19 heavy (non-hydrogen) atoms. The summed E-state index contributed by atoms with van der Waals surface area (Å²) in [6.07, 6.45) is -2.44. The van der Waals surface area contributed by atoms with Crippen molar-refractivity contribution in [2.45, 2.75) is 45.3 Å². The van der Waals surface area contributed by atoms with Crippen molar-refractivity contribution in [1.82, 2.24) is 0 Å². The fourth-order valence-corrected chi connectivity index (χ4v) is 2.16. The Labute approximate surface area is 110 Å². The molecule has 0 radical (unpaired) electrons. The van der Waals surface area contributed by atoms with E-state index in [0.717, 1.165) is 18.9 Å². The van der Waals surface area contributed by atoms with Gasteiger partial charge >= 0.3 is 6.18 Å². The Morgan fingerprint density at radius 2 is 1.74 bits per heavy atom. The van der Waals surface area contributed by atoms with Crippen LogP contribution < -0.4 is 5.73 Å². The first kappa shape index (κ1) is 16.0. The van der Waals surface area contributed by atoms with Crippen LogP contribution in [-0.2, 0) is 6.18 Å². The van der Waals surface area contributed by atoms with Crippen molar-refractivity contribution >= 4 is 0 Å². The minimum Gasteiger partial charge on any atom is -0.324 e. The fourth-order valence-electron chi connectivity index (χ4n) is 2.16. The number of rotatable bonds is 5. The Balaban J connectivity index is 3.01. The summed E-state index contributed by atoms with van der Waals surface area (Å²) in [7, 11) is 0. The van der Waals surface area contributed by atoms with E-state index in [1.54, 1.807) is 0 Å². The molecule has 2 N–H and O–H groups in total. The molecule has 1 nitrogen and oxygen atoms in total. The number of alkyl halides is 3. The van der Waals surface area contributed by atoms with Gasteiger partial charge in [-0.1, -0.05) is 38.8 Å². The van der Waals surface area contributed by atoms with Crippen LogP contribution in [0.1, 0.15) is 50.3 Å². The van der Waals surface area contributed by atoms with Crippen molar-refractivity contribution in [3.63, 3.8) is 0 Å². The quantitative estimate of drug-likeness (QED) is 0.777. The summed E-state index contributed by atoms with van der Waals surface area (Å²) >= 11 is 0. The third-order valence-corrected chi connectivity index (χ3v) is 3.48. The van der Waals surface area contributed by atoms with Crippen molar-refractivity contribution < 1.29 is 17.6 Å². The van der Waals surface area contributed by atoms with E-state index in [1.807, 2.05) is 13.8 Å². The van der Waals surface area contributed by atoms with E-state index in [4.69, 9.17) is 5.73 Å². The molecule has 0 saturated heterocycles. The summed E-state index contributed by atoms with van der Waals surface area (Å²) in [4.78, 5) is 0. The number of benzene rings is 1. The van der Waals surface area contributed by atoms with Gasteiger partial charge in [0.05, 0.1) is 5.56 Å². The molecule has 0 heterocycles. The molecule has 1 atom stereocenters. The Kier molecular flexibility index (Phi) is 5.35. The maximum Gasteiger partial charge on any atom is 0.419 e. The highest BCUT2D eigenvalue weighted by Gasteiger charge is 2.35. The molecule has 0 aliphatic carbocycles. The molecule has 1 aromatic rings. The fraction of sp³-hybridized carbons (Fsp3) is 0.571. The largest absolute Gasteiger partial charge is 0.419 e. The zero-order chi connectivity index (χ0) is 14.6. The van der Waals surface area contributed by atoms with E-state index in [2.05, 4.69) is 0 Å². The summed E-state index contributed by atoms with van der Waals surface area (Å²) in [6.45, 7) is 3.98. The molecular weight excluding hydrogens is 258 g/mol. The minimum absolute atomic E-state index is 0.0540. The van der Waals surface area contributed by atoms with Crippen LogP contribution in [0.2, 0.25) is 0 Å². The second-order valence-electron chi connectivity index (χ2n) is 4.73. The first-order valence-corrected chi connectivity index (χ1v) is 6.42. The lowest BCUT2D eigenvalue weighted by atomic mass is 9.90. The summed E-state index contributed by atoms with van der Waals surface area (Å²) in [5.74, 6) is -0.947. The van der Waals surface area contributed by atoms with Crippen LogP contribution in [0.3, 0.4) is 0 Å². The maximum absolute atomic E-state index is 13.9. The monoisotopic (exact) mass is 277 g/mol. The average molecular weight is 277 g/mol. The number of nitrogens with two attached hydrogens (primary N) is 1. The van der Waals surface area contributed by atoms with Crippen molar-refractivity contribution in [2.24, 2.45) is 11.7 Å². The van der Waals surface area contributed by atoms with E-state index in [-0.39, 0.29) is 5.56 Å². The Bertz CT molecular complexity index is 410. The normalized spacial score (nSPS) is 13.9. The lowest BCUT2D eigenvalue weighted by Gasteiger charge is -2.20. The number of hydrogen-bond donors (Lipinski definition) is 1. The highest BCUT2D eigenvalue weighted by Crippen LogP contribution is 2.34. The second-order valence-corrected chi connectivity index (χ2v) is 4.73. The van der Waals surface area contributed by atoms with E-state index < -0.39 is 23.6 Å². The second kappa shape index (κ2) is 6.37. The summed E-state index contributed by atoms with van der Waals surface area (Å²) in [5.41, 5.74) is 4.55. The van der Waals surface area contributed by atoms with Gasteiger partial charge in [-0.15, -0.1) is 0 Å². The van der Waals surface area contributed by atoms with Gasteiger partial charge in [0.2, 0.25) is 0 Å². The van der Waals surface area contributed by atoms with Gasteiger partial charge in [0.15, 0.2) is 0 Å². The molecule has 0 bridgehead atoms. The topological polar surface area (TPSA) is 26.0 Å². The predicted octanol–water partition coefficient (Wildman–Crippen LogP) is 4.67. The van der Waals surface area contributed by atoms with Crippen LogP contribution in [0.4, 0.5) is 17.6 Å². The molecular formula is C14H19F4N. The van der Waals surface area contributed by atoms with Crippen LogP contribution >= 0.6 is 0 Å². The zero-order valence-electron chi connectivity index (χ0n) is 11.1. The summed E-state index contributed by atoms with van der Waals surface area (Å²) < 4.78 is 51.7. The molecule has 0 aliphatic heterocycles. The van der Waals surface area contributed by atoms with Gasteiger partial charge in [-0.05, 0) is 18.4 Å². The van der Waals surface area contributed by atoms with Crippen LogP contribution in [-0.4, -0.2) is 0 Å². The van der Waals surface area contributed by atoms with Gasteiger partial charge in [0.1, 0.15) is 5.82 Å². The van der Waals surface area contributed by atoms with Crippen molar-refractivity contribution in [3.8, 4) is 0 Å². The lowest BCUT2D eigenvalue weighted by Crippen LogP contribution is -2.19. The van der Waals surface area contributed by atoms with Crippen LogP contribution in [0.25, 0.3) is 0 Å². The first-order chi connectivity index (χ1) is 8.81. The van der Waals surface area contributed by atoms with E-state index >= 15 is 0 Å². The molecule has 1 rings (SSSR count). The van der Waals surface area contributed by atoms with Crippen molar-refractivity contribution in [1.29, 1.82) is 0 Å². The Hall–Kier alpha value is -1.10. The van der Waals surface area contributed by atoms with Gasteiger partial charge in [-0.25, -0.2) is 4.39 Å². The average Bonchev–Trinajstić information content (AvgIpc) is 2.34. The van der Waals surface area contributed by atoms with E-state index in [9.17, 15) is 17.6 Å². The Morgan fingerprint density at radius 3 is 2.21 bits per heavy atom. The smallest absolute Gasteiger partial charge is 0.324 e. The molecule has 0 saturated carbocycles. The SMILES string of the molecule is CCC(CC)CC(N)c1cccc(C(F)(F)F)c1F. The minimum atomic E-state index is -4.69. The molecule has 1 unspecified atom stereocenters. The van der Waals surface area contributed by atoms with E-state index in [0.29, 0.717) is 12.3 Å². The highest BCUT2D eigenvalue weighted by molar-refractivity contribution is 5.30. The Morgan fingerprint density at radius 1 is 1.16 bits per heavy atom. The summed E-state index contributed by atoms with van der Waals surface area (Å²) in [6, 6.07) is 2.57. The maximum atomic E-state index is 13.9. The van der Waals surface area contributed by atoms with Gasteiger partial charge < -0.3 is 5.73 Å². The van der Waals surface area contributed by atoms with Gasteiger partial charge in [-0.3, -0.25) is 0 Å². The molecule has 0 spiro atoms. The molecule has 108 valence electrons. The van der Waals surface area contributed by atoms with Crippen molar-refractivity contribution in [2.75, 3.05) is 0 Å². The molecule has 0 fully saturated rings. The standard InChI is InChI=1S/C14H19F4N/c1-3-9(4-2)8-12(19)10-6-5-7-11(13(10)15)14(16,17)18/h5-7,9,12H,3-4,8,19H2,1-2H3. The van der Waals surface area contributed by atoms with E-state index in [1.165, 1.54) is 12.1 Å². The van der Waals surface area contributed by atoms with Crippen LogP contribution in [0.15, 0.2) is 18.2 Å². The third kappa shape index (κ3) is 3.93. The predicted molar refractivity (Wildman–Crippen MR) is 67.0 cm³/mol. The van der Waals surface area contributed by atoms with Gasteiger partial charge in [0.25, 0.3) is 0 Å². The van der Waals surface area contributed by atoms with Gasteiger partial charge in [0, 0.05) is 11.6 Å². The van der Waals surface area contributed by atoms with Crippen LogP contribution in [0, 0.1) is 11.7 Å². The van der Waals surface area contributed by atoms with Crippen molar-refractivity contribution in [3.05, 3.63) is 35.1 Å². The van der Waals surface area contributed by atoms with Crippen LogP contribution in [0.5, 0.6) is 0 Å². The first-order valence-electron chi connectivity index (χ1n) is 6.42. The zero-order valence-corrected chi connectivity index (χ0v) is 11.1. The molecule has 0 aromatic heterocycles. The highest BCUT2D eigenvalue weighted by atomic mass is 19.4. The molecule has 0 aliphatic rings. The molecule has 1 aromatic carbocycles. The third-order valence-electron chi connectivity index (χ3n) is 3.48.